The second-order valence-corrected chi connectivity index (χ2v) is 9.08. The van der Waals surface area contributed by atoms with E-state index in [0.717, 1.165) is 16.8 Å². The molecule has 1 aromatic heterocycles. The summed E-state index contributed by atoms with van der Waals surface area (Å²) in [4.78, 5) is 19.3. The lowest BCUT2D eigenvalue weighted by Gasteiger charge is -2.17. The fraction of sp³-hybridized carbons (Fsp3) is 0.100. The van der Waals surface area contributed by atoms with Crippen LogP contribution in [0.1, 0.15) is 10.4 Å². The number of nitrogens with zero attached hydrogens (tertiary/aromatic N) is 4. The monoisotopic (exact) mass is 543 g/mol. The largest absolute Gasteiger partial charge is 0.573 e. The van der Waals surface area contributed by atoms with Crippen LogP contribution in [-0.4, -0.2) is 41.1 Å². The normalized spacial score (nSPS) is 11.2. The molecule has 1 amide bonds. The molecule has 5 aromatic rings. The summed E-state index contributed by atoms with van der Waals surface area (Å²) in [5.74, 6) is -0.141. The number of para-hydroxylation sites is 1. The summed E-state index contributed by atoms with van der Waals surface area (Å²) in [7, 11) is 3.96. The van der Waals surface area contributed by atoms with Gasteiger partial charge in [0.15, 0.2) is 5.82 Å². The van der Waals surface area contributed by atoms with Gasteiger partial charge in [-0.05, 0) is 72.3 Å². The highest BCUT2D eigenvalue weighted by Crippen LogP contribution is 2.30. The first-order valence-corrected chi connectivity index (χ1v) is 12.2. The third-order valence-corrected chi connectivity index (χ3v) is 6.05. The molecule has 4 aromatic carbocycles. The van der Waals surface area contributed by atoms with Gasteiger partial charge < -0.3 is 15.0 Å². The molecule has 40 heavy (non-hydrogen) atoms. The third kappa shape index (κ3) is 6.12. The highest BCUT2D eigenvalue weighted by molar-refractivity contribution is 6.05. The van der Waals surface area contributed by atoms with E-state index in [1.807, 2.05) is 61.5 Å². The number of rotatable bonds is 7. The molecule has 0 aliphatic carbocycles. The molecule has 0 atom stereocenters. The quantitative estimate of drug-likeness (QED) is 0.244. The molecule has 0 bridgehead atoms. The summed E-state index contributed by atoms with van der Waals surface area (Å²) in [6, 6.07) is 27.9. The number of hydrogen-bond acceptors (Lipinski definition) is 5. The Morgan fingerprint density at radius 2 is 1.60 bits per heavy atom. The van der Waals surface area contributed by atoms with Crippen LogP contribution >= 0.6 is 0 Å². The predicted molar refractivity (Wildman–Crippen MR) is 148 cm³/mol. The van der Waals surface area contributed by atoms with Gasteiger partial charge in [-0.15, -0.1) is 18.3 Å². The van der Waals surface area contributed by atoms with Crippen molar-refractivity contribution in [3.63, 3.8) is 0 Å². The number of benzene rings is 4. The molecule has 0 spiro atoms. The summed E-state index contributed by atoms with van der Waals surface area (Å²) in [6.45, 7) is 0. The number of anilines is 2. The molecule has 7 nitrogen and oxygen atoms in total. The van der Waals surface area contributed by atoms with Crippen LogP contribution in [0.25, 0.3) is 28.2 Å². The predicted octanol–water partition coefficient (Wildman–Crippen LogP) is 6.82. The molecule has 0 fully saturated rings. The van der Waals surface area contributed by atoms with E-state index in [4.69, 9.17) is 0 Å². The summed E-state index contributed by atoms with van der Waals surface area (Å²) < 4.78 is 42.5. The van der Waals surface area contributed by atoms with E-state index < -0.39 is 6.36 Å². The Labute approximate surface area is 228 Å². The van der Waals surface area contributed by atoms with Crippen molar-refractivity contribution in [2.24, 2.45) is 0 Å². The van der Waals surface area contributed by atoms with Crippen molar-refractivity contribution in [2.75, 3.05) is 24.3 Å². The lowest BCUT2D eigenvalue weighted by molar-refractivity contribution is -0.274. The van der Waals surface area contributed by atoms with E-state index in [1.54, 1.807) is 30.3 Å². The number of ether oxygens (including phenoxy) is 1. The van der Waals surface area contributed by atoms with Crippen LogP contribution in [0.3, 0.4) is 0 Å². The molecule has 1 N–H and O–H groups in total. The summed E-state index contributed by atoms with van der Waals surface area (Å²) >= 11 is 0. The van der Waals surface area contributed by atoms with E-state index in [9.17, 15) is 18.0 Å². The van der Waals surface area contributed by atoms with Gasteiger partial charge in [0, 0.05) is 42.2 Å². The molecule has 0 saturated heterocycles. The van der Waals surface area contributed by atoms with Crippen LogP contribution in [0.5, 0.6) is 5.75 Å². The van der Waals surface area contributed by atoms with Gasteiger partial charge in [0.25, 0.3) is 5.91 Å². The Morgan fingerprint density at radius 3 is 2.30 bits per heavy atom. The van der Waals surface area contributed by atoms with Crippen LogP contribution in [0.2, 0.25) is 0 Å². The number of amides is 1. The number of aromatic nitrogens is 3. The van der Waals surface area contributed by atoms with Crippen molar-refractivity contribution >= 4 is 17.3 Å². The molecule has 0 unspecified atom stereocenters. The lowest BCUT2D eigenvalue weighted by atomic mass is 10.0. The van der Waals surface area contributed by atoms with Crippen LogP contribution in [0.4, 0.5) is 24.5 Å². The smallest absolute Gasteiger partial charge is 0.406 e. The van der Waals surface area contributed by atoms with Crippen LogP contribution in [0.15, 0.2) is 103 Å². The van der Waals surface area contributed by atoms with E-state index in [1.165, 1.54) is 35.3 Å². The Bertz CT molecular complexity index is 1630. The van der Waals surface area contributed by atoms with E-state index in [0.29, 0.717) is 28.3 Å². The SMILES string of the molecule is CN(C)c1ccccc1-c1cccc(C(=O)Nc2ccc(-c3ncn(-c4ccc(OC(F)(F)F)cc4)n3)cc2)c1. The average Bonchev–Trinajstić information content (AvgIpc) is 3.43. The average molecular weight is 544 g/mol. The van der Waals surface area contributed by atoms with E-state index >= 15 is 0 Å². The number of nitrogens with one attached hydrogen (secondary N) is 1. The van der Waals surface area contributed by atoms with Gasteiger partial charge in [-0.1, -0.05) is 30.3 Å². The molecule has 0 radical (unpaired) electrons. The number of carbonyl (C=O) groups is 1. The molecule has 5 rings (SSSR count). The van der Waals surface area contributed by atoms with Gasteiger partial charge in [0.1, 0.15) is 12.1 Å². The Kier molecular flexibility index (Phi) is 7.24. The second kappa shape index (κ2) is 10.9. The lowest BCUT2D eigenvalue weighted by Crippen LogP contribution is -2.17. The van der Waals surface area contributed by atoms with Crippen molar-refractivity contribution in [2.45, 2.75) is 6.36 Å². The van der Waals surface area contributed by atoms with Gasteiger partial charge in [-0.3, -0.25) is 4.79 Å². The fourth-order valence-corrected chi connectivity index (χ4v) is 4.16. The Morgan fingerprint density at radius 1 is 0.875 bits per heavy atom. The maximum Gasteiger partial charge on any atom is 0.573 e. The highest BCUT2D eigenvalue weighted by atomic mass is 19.4. The molecular weight excluding hydrogens is 519 g/mol. The zero-order valence-electron chi connectivity index (χ0n) is 21.6. The van der Waals surface area contributed by atoms with Gasteiger partial charge in [-0.25, -0.2) is 9.67 Å². The minimum atomic E-state index is -4.75. The number of hydrogen-bond donors (Lipinski definition) is 1. The highest BCUT2D eigenvalue weighted by Gasteiger charge is 2.31. The molecular formula is C30H24F3N5O2. The summed E-state index contributed by atoms with van der Waals surface area (Å²) in [5, 5.41) is 7.32. The molecule has 0 aliphatic rings. The first kappa shape index (κ1) is 26.5. The molecule has 1 heterocycles. The summed E-state index contributed by atoms with van der Waals surface area (Å²) in [6.07, 6.45) is -3.29. The van der Waals surface area contributed by atoms with Crippen molar-refractivity contribution in [1.29, 1.82) is 0 Å². The fourth-order valence-electron chi connectivity index (χ4n) is 4.16. The minimum Gasteiger partial charge on any atom is -0.406 e. The molecule has 202 valence electrons. The maximum atomic E-state index is 13.0. The minimum absolute atomic E-state index is 0.239. The van der Waals surface area contributed by atoms with Crippen LogP contribution in [0, 0.1) is 0 Å². The first-order valence-electron chi connectivity index (χ1n) is 12.2. The van der Waals surface area contributed by atoms with Gasteiger partial charge in [-0.2, -0.15) is 0 Å². The molecule has 0 aliphatic heterocycles. The van der Waals surface area contributed by atoms with Crippen molar-refractivity contribution in [1.82, 2.24) is 14.8 Å². The second-order valence-electron chi connectivity index (χ2n) is 9.08. The number of alkyl halides is 3. The topological polar surface area (TPSA) is 72.3 Å². The van der Waals surface area contributed by atoms with Crippen molar-refractivity contribution in [3.8, 4) is 34.0 Å². The van der Waals surface area contributed by atoms with Crippen LogP contribution < -0.4 is 15.0 Å². The zero-order chi connectivity index (χ0) is 28.3. The number of carbonyl (C=O) groups excluding carboxylic acids is 1. The molecule has 10 heteroatoms. The maximum absolute atomic E-state index is 13.0. The number of halogens is 3. The van der Waals surface area contributed by atoms with E-state index in [2.05, 4.69) is 20.1 Å². The van der Waals surface area contributed by atoms with Gasteiger partial charge in [0.2, 0.25) is 0 Å². The Hall–Kier alpha value is -5.12. The zero-order valence-corrected chi connectivity index (χ0v) is 21.6. The van der Waals surface area contributed by atoms with E-state index in [-0.39, 0.29) is 11.7 Å². The Balaban J connectivity index is 1.27. The summed E-state index contributed by atoms with van der Waals surface area (Å²) in [5.41, 5.74) is 5.39. The first-order chi connectivity index (χ1) is 19.2. The molecule has 0 saturated carbocycles. The standard InChI is InChI=1S/C30H24F3N5O2/c1-37(2)27-9-4-3-8-26(27)21-6-5-7-22(18-21)29(39)35-23-12-10-20(11-13-23)28-34-19-38(36-28)24-14-16-25(17-15-24)40-30(31,32)33/h3-19H,1-2H3,(H,35,39). The van der Waals surface area contributed by atoms with Crippen molar-refractivity contribution in [3.05, 3.63) is 109 Å². The van der Waals surface area contributed by atoms with Crippen LogP contribution in [-0.2, 0) is 0 Å². The van der Waals surface area contributed by atoms with Crippen molar-refractivity contribution < 1.29 is 22.7 Å². The third-order valence-electron chi connectivity index (χ3n) is 6.05. The van der Waals surface area contributed by atoms with Gasteiger partial charge in [0.05, 0.1) is 5.69 Å². The van der Waals surface area contributed by atoms with Gasteiger partial charge >= 0.3 is 6.36 Å².